The molecule has 21 heavy (non-hydrogen) atoms. The van der Waals surface area contributed by atoms with Gasteiger partial charge in [-0.2, -0.15) is 19.1 Å². The van der Waals surface area contributed by atoms with E-state index in [1.165, 1.54) is 6.92 Å². The van der Waals surface area contributed by atoms with Gasteiger partial charge in [0.15, 0.2) is 17.3 Å². The summed E-state index contributed by atoms with van der Waals surface area (Å²) in [5.74, 6) is -1.79. The van der Waals surface area contributed by atoms with Crippen LogP contribution in [0.5, 0.6) is 11.5 Å². The van der Waals surface area contributed by atoms with Crippen molar-refractivity contribution < 1.29 is 23.0 Å². The largest absolute Gasteiger partial charge is 0.506 e. The van der Waals surface area contributed by atoms with Crippen LogP contribution in [0.15, 0.2) is 12.1 Å². The first kappa shape index (κ1) is 15.0. The number of aromatic hydroxyl groups is 1. The summed E-state index contributed by atoms with van der Waals surface area (Å²) in [6.07, 6.45) is 0. The number of nitrogens with zero attached hydrogens (tertiary/aromatic N) is 3. The number of hydrogen-bond donors (Lipinski definition) is 1. The Kier molecular flexibility index (Phi) is 3.95. The summed E-state index contributed by atoms with van der Waals surface area (Å²) in [4.78, 5) is 0. The summed E-state index contributed by atoms with van der Waals surface area (Å²) >= 11 is 5.54. The number of ether oxygens (including phenoxy) is 1. The highest BCUT2D eigenvalue weighted by molar-refractivity contribution is 6.32. The maximum Gasteiger partial charge on any atom is 0.387 e. The minimum Gasteiger partial charge on any atom is -0.506 e. The number of phenols is 1. The van der Waals surface area contributed by atoms with Gasteiger partial charge in [-0.25, -0.2) is 9.07 Å². The molecule has 0 aliphatic rings. The molecule has 0 aliphatic heterocycles. The molecule has 2 rings (SSSR count). The number of alkyl halides is 2. The van der Waals surface area contributed by atoms with Crippen LogP contribution in [0.1, 0.15) is 11.4 Å². The van der Waals surface area contributed by atoms with Gasteiger partial charge in [0, 0.05) is 6.07 Å². The Labute approximate surface area is 121 Å². The third kappa shape index (κ3) is 2.73. The maximum atomic E-state index is 13.9. The number of phenolic OH excluding ortho intramolecular Hbond substituents is 1. The SMILES string of the molecule is Cc1nn(-c2cc(O)c(Cl)cc2F)c(C#N)c1OC(F)F. The number of aromatic nitrogens is 2. The number of hydrogen-bond acceptors (Lipinski definition) is 4. The van der Waals surface area contributed by atoms with Crippen LogP contribution in [-0.4, -0.2) is 21.5 Å². The first-order valence-corrected chi connectivity index (χ1v) is 5.85. The number of aryl methyl sites for hydroxylation is 1. The van der Waals surface area contributed by atoms with Crippen molar-refractivity contribution in [2.24, 2.45) is 0 Å². The van der Waals surface area contributed by atoms with Gasteiger partial charge in [0.1, 0.15) is 23.2 Å². The monoisotopic (exact) mass is 317 g/mol. The van der Waals surface area contributed by atoms with Gasteiger partial charge in [-0.15, -0.1) is 0 Å². The van der Waals surface area contributed by atoms with Gasteiger partial charge in [0.05, 0.1) is 5.02 Å². The molecule has 1 heterocycles. The molecule has 0 aliphatic carbocycles. The number of halogens is 4. The lowest BCUT2D eigenvalue weighted by atomic mass is 10.2. The van der Waals surface area contributed by atoms with Crippen LogP contribution in [0.3, 0.4) is 0 Å². The molecule has 0 saturated heterocycles. The van der Waals surface area contributed by atoms with Crippen molar-refractivity contribution in [2.75, 3.05) is 0 Å². The lowest BCUT2D eigenvalue weighted by Gasteiger charge is -2.07. The van der Waals surface area contributed by atoms with E-state index in [9.17, 15) is 18.3 Å². The minimum atomic E-state index is -3.16. The van der Waals surface area contributed by atoms with E-state index in [2.05, 4.69) is 9.84 Å². The van der Waals surface area contributed by atoms with Gasteiger partial charge in [0.2, 0.25) is 0 Å². The molecular weight excluding hydrogens is 311 g/mol. The molecule has 1 aromatic carbocycles. The van der Waals surface area contributed by atoms with Crippen molar-refractivity contribution in [1.82, 2.24) is 9.78 Å². The Morgan fingerprint density at radius 2 is 2.14 bits per heavy atom. The van der Waals surface area contributed by atoms with Gasteiger partial charge in [-0.3, -0.25) is 0 Å². The van der Waals surface area contributed by atoms with Crippen molar-refractivity contribution in [3.63, 3.8) is 0 Å². The molecule has 0 atom stereocenters. The molecule has 0 spiro atoms. The van der Waals surface area contributed by atoms with Crippen molar-refractivity contribution in [1.29, 1.82) is 5.26 Å². The maximum absolute atomic E-state index is 13.9. The number of benzene rings is 1. The molecule has 5 nitrogen and oxygen atoms in total. The average molecular weight is 318 g/mol. The molecule has 9 heteroatoms. The summed E-state index contributed by atoms with van der Waals surface area (Å²) in [5, 5.41) is 22.1. The highest BCUT2D eigenvalue weighted by Crippen LogP contribution is 2.32. The van der Waals surface area contributed by atoms with E-state index in [4.69, 9.17) is 16.9 Å². The molecule has 1 aromatic heterocycles. The predicted molar refractivity (Wildman–Crippen MR) is 66.3 cm³/mol. The van der Waals surface area contributed by atoms with Crippen LogP contribution >= 0.6 is 11.6 Å². The standard InChI is InChI=1S/C12H7ClF3N3O2/c1-5-11(21-12(15)16)9(4-17)19(18-5)8-3-10(20)6(13)2-7(8)14/h2-3,12,20H,1H3. The van der Waals surface area contributed by atoms with E-state index in [1.807, 2.05) is 0 Å². The third-order valence-corrected chi connectivity index (χ3v) is 2.87. The van der Waals surface area contributed by atoms with E-state index in [0.29, 0.717) is 0 Å². The van der Waals surface area contributed by atoms with Crippen molar-refractivity contribution in [3.05, 3.63) is 34.4 Å². The molecule has 0 radical (unpaired) electrons. The lowest BCUT2D eigenvalue weighted by Crippen LogP contribution is -2.06. The Morgan fingerprint density at radius 1 is 1.48 bits per heavy atom. The first-order chi connectivity index (χ1) is 9.85. The smallest absolute Gasteiger partial charge is 0.387 e. The fraction of sp³-hybridized carbons (Fsp3) is 0.167. The summed E-state index contributed by atoms with van der Waals surface area (Å²) < 4.78 is 43.5. The van der Waals surface area contributed by atoms with Crippen molar-refractivity contribution >= 4 is 11.6 Å². The number of nitriles is 1. The van der Waals surface area contributed by atoms with Gasteiger partial charge in [-0.1, -0.05) is 11.6 Å². The van der Waals surface area contributed by atoms with Crippen molar-refractivity contribution in [3.8, 4) is 23.3 Å². The molecule has 0 amide bonds. The summed E-state index contributed by atoms with van der Waals surface area (Å²) in [6.45, 7) is -1.83. The second-order valence-electron chi connectivity index (χ2n) is 3.92. The van der Waals surface area contributed by atoms with Crippen LogP contribution in [0, 0.1) is 24.1 Å². The van der Waals surface area contributed by atoms with Crippen LogP contribution in [0.25, 0.3) is 5.69 Å². The van der Waals surface area contributed by atoms with E-state index in [-0.39, 0.29) is 16.4 Å². The molecule has 2 aromatic rings. The fourth-order valence-electron chi connectivity index (χ4n) is 1.70. The highest BCUT2D eigenvalue weighted by atomic mass is 35.5. The van der Waals surface area contributed by atoms with E-state index in [1.54, 1.807) is 6.07 Å². The van der Waals surface area contributed by atoms with Crippen LogP contribution < -0.4 is 4.74 Å². The summed E-state index contributed by atoms with van der Waals surface area (Å²) in [6, 6.07) is 3.36. The molecule has 0 unspecified atom stereocenters. The van der Waals surface area contributed by atoms with Gasteiger partial charge < -0.3 is 9.84 Å². The topological polar surface area (TPSA) is 71.1 Å². The predicted octanol–water partition coefficient (Wildman–Crippen LogP) is 3.15. The minimum absolute atomic E-state index is 0.0271. The lowest BCUT2D eigenvalue weighted by molar-refractivity contribution is -0.0505. The van der Waals surface area contributed by atoms with E-state index >= 15 is 0 Å². The quantitative estimate of drug-likeness (QED) is 0.944. The van der Waals surface area contributed by atoms with Gasteiger partial charge >= 0.3 is 6.61 Å². The molecule has 1 N–H and O–H groups in total. The zero-order chi connectivity index (χ0) is 15.7. The molecular formula is C12H7ClF3N3O2. The molecule has 0 saturated carbocycles. The average Bonchev–Trinajstić information content (AvgIpc) is 2.70. The molecule has 0 bridgehead atoms. The number of rotatable bonds is 3. The summed E-state index contributed by atoms with van der Waals surface area (Å²) in [5.41, 5.74) is -0.769. The van der Waals surface area contributed by atoms with Crippen LogP contribution in [-0.2, 0) is 0 Å². The first-order valence-electron chi connectivity index (χ1n) is 5.48. The van der Waals surface area contributed by atoms with Crippen LogP contribution in [0.4, 0.5) is 13.2 Å². The summed E-state index contributed by atoms with van der Waals surface area (Å²) in [7, 11) is 0. The third-order valence-electron chi connectivity index (χ3n) is 2.56. The van der Waals surface area contributed by atoms with E-state index < -0.39 is 29.6 Å². The zero-order valence-electron chi connectivity index (χ0n) is 10.4. The fourth-order valence-corrected chi connectivity index (χ4v) is 1.85. The van der Waals surface area contributed by atoms with Gasteiger partial charge in [0.25, 0.3) is 0 Å². The van der Waals surface area contributed by atoms with Crippen molar-refractivity contribution in [2.45, 2.75) is 13.5 Å². The molecule has 0 fully saturated rings. The van der Waals surface area contributed by atoms with Crippen LogP contribution in [0.2, 0.25) is 5.02 Å². The van der Waals surface area contributed by atoms with E-state index in [0.717, 1.165) is 16.8 Å². The Bertz CT molecular complexity index is 740. The molecule has 110 valence electrons. The Balaban J connectivity index is 2.66. The zero-order valence-corrected chi connectivity index (χ0v) is 11.2. The van der Waals surface area contributed by atoms with Gasteiger partial charge in [-0.05, 0) is 13.0 Å². The normalized spacial score (nSPS) is 10.7. The highest BCUT2D eigenvalue weighted by Gasteiger charge is 2.23. The second-order valence-corrected chi connectivity index (χ2v) is 4.33. The Hall–Kier alpha value is -2.40. The Morgan fingerprint density at radius 3 is 2.71 bits per heavy atom. The second kappa shape index (κ2) is 5.54.